The van der Waals surface area contributed by atoms with Gasteiger partial charge in [-0.05, 0) is 53.4 Å². The molecule has 0 aromatic carbocycles. The van der Waals surface area contributed by atoms with Crippen molar-refractivity contribution in [1.29, 1.82) is 0 Å². The highest BCUT2D eigenvalue weighted by Crippen LogP contribution is 2.16. The molecule has 0 saturated carbocycles. The number of rotatable bonds is 2. The second-order valence-electron chi connectivity index (χ2n) is 4.49. The van der Waals surface area contributed by atoms with Crippen LogP contribution in [-0.4, -0.2) is 23.5 Å². The zero-order valence-electron chi connectivity index (χ0n) is 9.74. The number of nitrogens with zero attached hydrogens (tertiary/aromatic N) is 1. The fourth-order valence-electron chi connectivity index (χ4n) is 1.97. The quantitative estimate of drug-likeness (QED) is 0.880. The van der Waals surface area contributed by atoms with Crippen molar-refractivity contribution in [3.05, 3.63) is 22.8 Å². The molecule has 1 fully saturated rings. The van der Waals surface area contributed by atoms with Crippen LogP contribution in [0, 0.1) is 5.92 Å². The van der Waals surface area contributed by atoms with Crippen LogP contribution in [0.4, 0.5) is 5.82 Å². The lowest BCUT2D eigenvalue weighted by Gasteiger charge is -2.27. The molecule has 2 N–H and O–H groups in total. The summed E-state index contributed by atoms with van der Waals surface area (Å²) >= 11 is 3.31. The summed E-state index contributed by atoms with van der Waals surface area (Å²) in [4.78, 5) is 16.1. The highest BCUT2D eigenvalue weighted by Gasteiger charge is 2.24. The third-order valence-electron chi connectivity index (χ3n) is 2.96. The first kappa shape index (κ1) is 12.5. The number of halogens is 1. The van der Waals surface area contributed by atoms with E-state index >= 15 is 0 Å². The molecular weight excluding hydrogens is 282 g/mol. The normalized spacial score (nSPS) is 24.4. The zero-order valence-corrected chi connectivity index (χ0v) is 11.3. The lowest BCUT2D eigenvalue weighted by atomic mass is 9.94. The lowest BCUT2D eigenvalue weighted by Crippen LogP contribution is -2.45. The minimum Gasteiger partial charge on any atom is -0.309 e. The Bertz CT molecular complexity index is 393. The maximum atomic E-state index is 12.0. The summed E-state index contributed by atoms with van der Waals surface area (Å²) in [6.45, 7) is 3.09. The average molecular weight is 298 g/mol. The van der Waals surface area contributed by atoms with Crippen molar-refractivity contribution >= 4 is 27.7 Å². The number of hydrogen-bond donors (Lipinski definition) is 2. The van der Waals surface area contributed by atoms with Crippen LogP contribution in [0.5, 0.6) is 0 Å². The standard InChI is InChI=1S/C12H16BrN3O/c1-8-4-5-14-10(6-8)12(17)16-11-3-2-9(13)7-15-11/h2-3,7-8,10,14H,4-6H2,1H3,(H,15,16,17). The second-order valence-corrected chi connectivity index (χ2v) is 5.40. The zero-order chi connectivity index (χ0) is 12.3. The lowest BCUT2D eigenvalue weighted by molar-refractivity contribution is -0.119. The van der Waals surface area contributed by atoms with Crippen molar-refractivity contribution in [2.45, 2.75) is 25.8 Å². The van der Waals surface area contributed by atoms with Crippen molar-refractivity contribution in [3.8, 4) is 0 Å². The third kappa shape index (κ3) is 3.51. The Morgan fingerprint density at radius 2 is 2.41 bits per heavy atom. The van der Waals surface area contributed by atoms with E-state index in [2.05, 4.69) is 38.5 Å². The van der Waals surface area contributed by atoms with Gasteiger partial charge < -0.3 is 10.6 Å². The number of nitrogens with one attached hydrogen (secondary N) is 2. The number of carbonyl (C=O) groups excluding carboxylic acids is 1. The van der Waals surface area contributed by atoms with Gasteiger partial charge in [-0.25, -0.2) is 4.98 Å². The molecule has 1 aromatic rings. The molecule has 2 unspecified atom stereocenters. The molecule has 1 saturated heterocycles. The highest BCUT2D eigenvalue weighted by molar-refractivity contribution is 9.10. The Morgan fingerprint density at radius 3 is 3.06 bits per heavy atom. The molecule has 0 spiro atoms. The summed E-state index contributed by atoms with van der Waals surface area (Å²) in [5.74, 6) is 1.20. The van der Waals surface area contributed by atoms with Crippen LogP contribution in [0.2, 0.25) is 0 Å². The van der Waals surface area contributed by atoms with Crippen LogP contribution in [0.15, 0.2) is 22.8 Å². The molecule has 4 nitrogen and oxygen atoms in total. The molecule has 2 atom stereocenters. The Balaban J connectivity index is 1.94. The molecule has 2 rings (SSSR count). The summed E-state index contributed by atoms with van der Waals surface area (Å²) in [6.07, 6.45) is 3.70. The number of aromatic nitrogens is 1. The third-order valence-corrected chi connectivity index (χ3v) is 3.43. The predicted molar refractivity (Wildman–Crippen MR) is 70.8 cm³/mol. The monoisotopic (exact) mass is 297 g/mol. The summed E-state index contributed by atoms with van der Waals surface area (Å²) in [5, 5.41) is 6.06. The van der Waals surface area contributed by atoms with Crippen LogP contribution in [0.3, 0.4) is 0 Å². The summed E-state index contributed by atoms with van der Waals surface area (Å²) < 4.78 is 0.903. The van der Waals surface area contributed by atoms with Gasteiger partial charge in [-0.3, -0.25) is 4.79 Å². The van der Waals surface area contributed by atoms with Gasteiger partial charge in [0.25, 0.3) is 0 Å². The largest absolute Gasteiger partial charge is 0.309 e. The fraction of sp³-hybridized carbons (Fsp3) is 0.500. The van der Waals surface area contributed by atoms with E-state index < -0.39 is 0 Å². The number of amides is 1. The molecule has 2 heterocycles. The Hall–Kier alpha value is -0.940. The SMILES string of the molecule is CC1CCNC(C(=O)Nc2ccc(Br)cn2)C1. The maximum absolute atomic E-state index is 12.0. The first-order chi connectivity index (χ1) is 8.15. The van der Waals surface area contributed by atoms with Gasteiger partial charge in [0.2, 0.25) is 5.91 Å². The van der Waals surface area contributed by atoms with E-state index in [1.165, 1.54) is 0 Å². The van der Waals surface area contributed by atoms with E-state index in [-0.39, 0.29) is 11.9 Å². The van der Waals surface area contributed by atoms with Gasteiger partial charge in [0.15, 0.2) is 0 Å². The molecular formula is C12H16BrN3O. The van der Waals surface area contributed by atoms with Gasteiger partial charge in [0.05, 0.1) is 6.04 Å². The first-order valence-corrected chi connectivity index (χ1v) is 6.60. The number of anilines is 1. The fourth-order valence-corrected chi connectivity index (χ4v) is 2.20. The minimum absolute atomic E-state index is 0.00590. The highest BCUT2D eigenvalue weighted by atomic mass is 79.9. The van der Waals surface area contributed by atoms with Crippen molar-refractivity contribution in [2.24, 2.45) is 5.92 Å². The van der Waals surface area contributed by atoms with Gasteiger partial charge in [0.1, 0.15) is 5.82 Å². The molecule has 92 valence electrons. The van der Waals surface area contributed by atoms with Gasteiger partial charge in [-0.1, -0.05) is 6.92 Å². The van der Waals surface area contributed by atoms with E-state index in [0.717, 1.165) is 23.9 Å². The molecule has 1 aliphatic heterocycles. The number of pyridine rings is 1. The average Bonchev–Trinajstić information content (AvgIpc) is 2.32. The number of hydrogen-bond acceptors (Lipinski definition) is 3. The summed E-state index contributed by atoms with van der Waals surface area (Å²) in [7, 11) is 0. The van der Waals surface area contributed by atoms with Crippen molar-refractivity contribution < 1.29 is 4.79 Å². The van der Waals surface area contributed by atoms with Crippen LogP contribution in [0.1, 0.15) is 19.8 Å². The Labute approximate surface area is 109 Å². The molecule has 17 heavy (non-hydrogen) atoms. The van der Waals surface area contributed by atoms with E-state index in [9.17, 15) is 4.79 Å². The summed E-state index contributed by atoms with van der Waals surface area (Å²) in [6, 6.07) is 3.55. The molecule has 0 bridgehead atoms. The molecule has 5 heteroatoms. The molecule has 0 radical (unpaired) electrons. The van der Waals surface area contributed by atoms with E-state index in [0.29, 0.717) is 11.7 Å². The molecule has 0 aliphatic carbocycles. The first-order valence-electron chi connectivity index (χ1n) is 5.81. The Morgan fingerprint density at radius 1 is 1.59 bits per heavy atom. The molecule has 1 amide bonds. The minimum atomic E-state index is -0.0933. The summed E-state index contributed by atoms with van der Waals surface area (Å²) in [5.41, 5.74) is 0. The van der Waals surface area contributed by atoms with E-state index in [1.54, 1.807) is 12.3 Å². The van der Waals surface area contributed by atoms with Gasteiger partial charge >= 0.3 is 0 Å². The van der Waals surface area contributed by atoms with Gasteiger partial charge in [0, 0.05) is 10.7 Å². The second kappa shape index (κ2) is 5.60. The van der Waals surface area contributed by atoms with Crippen LogP contribution >= 0.6 is 15.9 Å². The van der Waals surface area contributed by atoms with Gasteiger partial charge in [-0.15, -0.1) is 0 Å². The van der Waals surface area contributed by atoms with Crippen LogP contribution in [0.25, 0.3) is 0 Å². The van der Waals surface area contributed by atoms with Gasteiger partial charge in [-0.2, -0.15) is 0 Å². The van der Waals surface area contributed by atoms with E-state index in [1.807, 2.05) is 6.07 Å². The van der Waals surface area contributed by atoms with Crippen molar-refractivity contribution in [3.63, 3.8) is 0 Å². The smallest absolute Gasteiger partial charge is 0.242 e. The van der Waals surface area contributed by atoms with Crippen molar-refractivity contribution in [1.82, 2.24) is 10.3 Å². The molecule has 1 aliphatic rings. The van der Waals surface area contributed by atoms with Crippen molar-refractivity contribution in [2.75, 3.05) is 11.9 Å². The predicted octanol–water partition coefficient (Wildman–Crippen LogP) is 2.17. The number of piperidine rings is 1. The van der Waals surface area contributed by atoms with Crippen LogP contribution < -0.4 is 10.6 Å². The van der Waals surface area contributed by atoms with Crippen LogP contribution in [-0.2, 0) is 4.79 Å². The number of carbonyl (C=O) groups is 1. The maximum Gasteiger partial charge on any atom is 0.242 e. The van der Waals surface area contributed by atoms with E-state index in [4.69, 9.17) is 0 Å². The topological polar surface area (TPSA) is 54.0 Å². The Kier molecular flexibility index (Phi) is 4.12. The molecule has 1 aromatic heterocycles.